The van der Waals surface area contributed by atoms with Crippen LogP contribution in [0, 0.1) is 11.7 Å². The summed E-state index contributed by atoms with van der Waals surface area (Å²) >= 11 is 0. The van der Waals surface area contributed by atoms with E-state index in [1.165, 1.54) is 12.1 Å². The Hall–Kier alpha value is -2.42. The normalized spacial score (nSPS) is 22.8. The lowest BCUT2D eigenvalue weighted by Gasteiger charge is -2.40. The quantitative estimate of drug-likeness (QED) is 0.806. The number of likely N-dealkylation sites (tertiary alicyclic amines) is 1. The molecular formula is C19H21F4N3O2. The van der Waals surface area contributed by atoms with Crippen molar-refractivity contribution in [3.05, 3.63) is 48.3 Å². The van der Waals surface area contributed by atoms with Crippen LogP contribution in [0.15, 0.2) is 36.8 Å². The molecule has 1 fully saturated rings. The van der Waals surface area contributed by atoms with Crippen LogP contribution >= 0.6 is 0 Å². The highest BCUT2D eigenvalue weighted by molar-refractivity contribution is 5.85. The van der Waals surface area contributed by atoms with Gasteiger partial charge >= 0.3 is 6.18 Å². The highest BCUT2D eigenvalue weighted by Crippen LogP contribution is 2.37. The van der Waals surface area contributed by atoms with E-state index in [2.05, 4.69) is 4.98 Å². The van der Waals surface area contributed by atoms with Gasteiger partial charge in [-0.2, -0.15) is 13.2 Å². The minimum absolute atomic E-state index is 0.0487. The minimum Gasteiger partial charge on any atom is -0.373 e. The zero-order valence-electron chi connectivity index (χ0n) is 15.4. The second-order valence-corrected chi connectivity index (χ2v) is 7.36. The molecule has 0 saturated carbocycles. The SMILES string of the molecule is CC1CN(C(=O)C(C)(O)C(F)(F)F)CCC1c1cncn1-c1ccc(F)cc1. The first-order valence-electron chi connectivity index (χ1n) is 8.89. The Morgan fingerprint density at radius 2 is 1.89 bits per heavy atom. The van der Waals surface area contributed by atoms with Gasteiger partial charge in [-0.15, -0.1) is 0 Å². The number of halogens is 4. The lowest BCUT2D eigenvalue weighted by molar-refractivity contribution is -0.250. The van der Waals surface area contributed by atoms with Crippen molar-refractivity contribution < 1.29 is 27.5 Å². The molecule has 1 aromatic carbocycles. The molecule has 1 aliphatic rings. The van der Waals surface area contributed by atoms with E-state index in [0.717, 1.165) is 16.3 Å². The van der Waals surface area contributed by atoms with Crippen molar-refractivity contribution in [2.45, 2.75) is 38.0 Å². The van der Waals surface area contributed by atoms with E-state index in [4.69, 9.17) is 0 Å². The Labute approximate surface area is 159 Å². The fourth-order valence-electron chi connectivity index (χ4n) is 3.60. The minimum atomic E-state index is -5.04. The number of benzene rings is 1. The Kier molecular flexibility index (Phi) is 5.22. The van der Waals surface area contributed by atoms with Gasteiger partial charge in [0.1, 0.15) is 5.82 Å². The molecule has 152 valence electrons. The highest BCUT2D eigenvalue weighted by atomic mass is 19.4. The molecule has 1 amide bonds. The number of carbonyl (C=O) groups is 1. The highest BCUT2D eigenvalue weighted by Gasteiger charge is 2.57. The first kappa shape index (κ1) is 20.3. The maximum atomic E-state index is 13.2. The van der Waals surface area contributed by atoms with E-state index in [1.54, 1.807) is 24.7 Å². The monoisotopic (exact) mass is 399 g/mol. The van der Waals surface area contributed by atoms with Crippen LogP contribution in [0.3, 0.4) is 0 Å². The number of hydrogen-bond acceptors (Lipinski definition) is 3. The smallest absolute Gasteiger partial charge is 0.373 e. The van der Waals surface area contributed by atoms with E-state index >= 15 is 0 Å². The number of imidazole rings is 1. The summed E-state index contributed by atoms with van der Waals surface area (Å²) in [5.74, 6) is -1.90. The van der Waals surface area contributed by atoms with Crippen LogP contribution in [-0.4, -0.2) is 50.3 Å². The summed E-state index contributed by atoms with van der Waals surface area (Å²) < 4.78 is 53.9. The molecule has 0 aliphatic carbocycles. The van der Waals surface area contributed by atoms with E-state index < -0.39 is 17.7 Å². The molecule has 1 saturated heterocycles. The molecule has 3 unspecified atom stereocenters. The van der Waals surface area contributed by atoms with Crippen LogP contribution in [0.5, 0.6) is 0 Å². The van der Waals surface area contributed by atoms with Gasteiger partial charge in [0.25, 0.3) is 5.91 Å². The van der Waals surface area contributed by atoms with Gasteiger partial charge in [-0.25, -0.2) is 9.37 Å². The number of amides is 1. The molecule has 1 aromatic heterocycles. The maximum Gasteiger partial charge on any atom is 0.426 e. The number of piperidine rings is 1. The fraction of sp³-hybridized carbons (Fsp3) is 0.474. The van der Waals surface area contributed by atoms with E-state index in [-0.39, 0.29) is 30.7 Å². The third kappa shape index (κ3) is 3.63. The lowest BCUT2D eigenvalue weighted by Crippen LogP contribution is -2.58. The van der Waals surface area contributed by atoms with Crippen molar-refractivity contribution in [1.29, 1.82) is 0 Å². The van der Waals surface area contributed by atoms with E-state index in [1.807, 2.05) is 11.5 Å². The van der Waals surface area contributed by atoms with Gasteiger partial charge in [0.05, 0.1) is 6.33 Å². The number of aliphatic hydroxyl groups is 1. The van der Waals surface area contributed by atoms with E-state index in [9.17, 15) is 27.5 Å². The largest absolute Gasteiger partial charge is 0.426 e. The first-order chi connectivity index (χ1) is 13.0. The zero-order chi connectivity index (χ0) is 20.7. The molecule has 2 heterocycles. The van der Waals surface area contributed by atoms with Gasteiger partial charge in [0.15, 0.2) is 0 Å². The summed E-state index contributed by atoms with van der Waals surface area (Å²) in [6, 6.07) is 5.90. The Morgan fingerprint density at radius 1 is 1.25 bits per heavy atom. The maximum absolute atomic E-state index is 13.2. The average Bonchev–Trinajstić information content (AvgIpc) is 3.10. The standard InChI is InChI=1S/C19H21F4N3O2/c1-12-10-25(17(27)18(2,28)19(21,22)23)8-7-15(12)16-9-24-11-26(16)14-5-3-13(20)4-6-14/h3-6,9,11-12,15,28H,7-8,10H2,1-2H3. The Bertz CT molecular complexity index is 846. The summed E-state index contributed by atoms with van der Waals surface area (Å²) in [4.78, 5) is 17.4. The molecule has 5 nitrogen and oxygen atoms in total. The van der Waals surface area contributed by atoms with Crippen LogP contribution in [-0.2, 0) is 4.79 Å². The predicted octanol–water partition coefficient (Wildman–Crippen LogP) is 3.28. The van der Waals surface area contributed by atoms with Gasteiger partial charge in [-0.05, 0) is 43.5 Å². The second-order valence-electron chi connectivity index (χ2n) is 7.36. The third-order valence-electron chi connectivity index (χ3n) is 5.31. The van der Waals surface area contributed by atoms with Crippen molar-refractivity contribution in [2.75, 3.05) is 13.1 Å². The third-order valence-corrected chi connectivity index (χ3v) is 5.31. The van der Waals surface area contributed by atoms with Crippen molar-refractivity contribution in [3.8, 4) is 5.69 Å². The second kappa shape index (κ2) is 7.20. The van der Waals surface area contributed by atoms with Crippen LogP contribution in [0.1, 0.15) is 31.9 Å². The molecular weight excluding hydrogens is 378 g/mol. The first-order valence-corrected chi connectivity index (χ1v) is 8.89. The summed E-state index contributed by atoms with van der Waals surface area (Å²) in [6.45, 7) is 2.50. The molecule has 1 aliphatic heterocycles. The van der Waals surface area contributed by atoms with Crippen LogP contribution in [0.25, 0.3) is 5.69 Å². The van der Waals surface area contributed by atoms with Crippen LogP contribution in [0.4, 0.5) is 17.6 Å². The summed E-state index contributed by atoms with van der Waals surface area (Å²) in [5.41, 5.74) is -1.84. The number of aromatic nitrogens is 2. The van der Waals surface area contributed by atoms with E-state index in [0.29, 0.717) is 13.3 Å². The molecule has 3 rings (SSSR count). The van der Waals surface area contributed by atoms with Crippen LogP contribution in [0.2, 0.25) is 0 Å². The zero-order valence-corrected chi connectivity index (χ0v) is 15.4. The van der Waals surface area contributed by atoms with Crippen molar-refractivity contribution >= 4 is 5.91 Å². The number of rotatable bonds is 3. The molecule has 3 atom stereocenters. The molecule has 0 bridgehead atoms. The fourth-order valence-corrected chi connectivity index (χ4v) is 3.60. The molecule has 0 radical (unpaired) electrons. The van der Waals surface area contributed by atoms with Gasteiger partial charge in [-0.3, -0.25) is 4.79 Å². The van der Waals surface area contributed by atoms with Gasteiger partial charge in [-0.1, -0.05) is 6.92 Å². The Balaban J connectivity index is 1.78. The summed E-state index contributed by atoms with van der Waals surface area (Å²) in [7, 11) is 0. The summed E-state index contributed by atoms with van der Waals surface area (Å²) in [5, 5.41) is 9.66. The molecule has 1 N–H and O–H groups in total. The molecule has 2 aromatic rings. The summed E-state index contributed by atoms with van der Waals surface area (Å²) in [6.07, 6.45) is -1.34. The molecule has 9 heteroatoms. The average molecular weight is 399 g/mol. The molecule has 0 spiro atoms. The Morgan fingerprint density at radius 3 is 2.46 bits per heavy atom. The number of alkyl halides is 3. The number of nitrogens with zero attached hydrogens (tertiary/aromatic N) is 3. The van der Waals surface area contributed by atoms with Gasteiger partial charge in [0, 0.05) is 36.6 Å². The van der Waals surface area contributed by atoms with Crippen molar-refractivity contribution in [3.63, 3.8) is 0 Å². The van der Waals surface area contributed by atoms with Gasteiger partial charge in [0.2, 0.25) is 5.60 Å². The topological polar surface area (TPSA) is 58.4 Å². The van der Waals surface area contributed by atoms with Crippen molar-refractivity contribution in [1.82, 2.24) is 14.5 Å². The lowest BCUT2D eigenvalue weighted by atomic mass is 9.83. The molecule has 28 heavy (non-hydrogen) atoms. The predicted molar refractivity (Wildman–Crippen MR) is 93.3 cm³/mol. The number of hydrogen-bond donors (Lipinski definition) is 1. The number of carbonyl (C=O) groups excluding carboxylic acids is 1. The van der Waals surface area contributed by atoms with Gasteiger partial charge < -0.3 is 14.6 Å². The van der Waals surface area contributed by atoms with Crippen molar-refractivity contribution in [2.24, 2.45) is 5.92 Å². The van der Waals surface area contributed by atoms with Crippen LogP contribution < -0.4 is 0 Å².